The first kappa shape index (κ1) is 7.12. The van der Waals surface area contributed by atoms with Crippen molar-refractivity contribution in [2.24, 2.45) is 0 Å². The maximum Gasteiger partial charge on any atom is 0.373 e. The summed E-state index contributed by atoms with van der Waals surface area (Å²) in [6, 6.07) is 0. The molecule has 1 aliphatic carbocycles. The normalized spacial score (nSPS) is 14.8. The summed E-state index contributed by atoms with van der Waals surface area (Å²) < 4.78 is 0. The van der Waals surface area contributed by atoms with Gasteiger partial charge in [-0.25, -0.2) is 0 Å². The van der Waals surface area contributed by atoms with E-state index in [1.54, 1.807) is 0 Å². The first-order valence-corrected chi connectivity index (χ1v) is 2.47. The molecule has 1 saturated carbocycles. The van der Waals surface area contributed by atoms with Crippen molar-refractivity contribution in [3.8, 4) is 0 Å². The second-order valence-electron chi connectivity index (χ2n) is 1.69. The maximum absolute atomic E-state index is 8.12. The van der Waals surface area contributed by atoms with Crippen LogP contribution in [0, 0.1) is 0 Å². The Morgan fingerprint density at radius 1 is 1.38 bits per heavy atom. The molecule has 0 aromatic carbocycles. The fourth-order valence-electron chi connectivity index (χ4n) is 0.427. The Morgan fingerprint density at radius 3 is 1.62 bits per heavy atom. The Hall–Kier alpha value is -0.880. The molecule has 1 fully saturated rings. The molecule has 0 N–H and O–H groups in total. The minimum absolute atomic E-state index is 0.250. The molecule has 0 amide bonds. The minimum Gasteiger partial charge on any atom is -0.186 e. The van der Waals surface area contributed by atoms with Crippen molar-refractivity contribution in [2.75, 3.05) is 0 Å². The summed E-state index contributed by atoms with van der Waals surface area (Å²) in [7, 11) is 0. The molecule has 2 nitrogen and oxygen atoms in total. The van der Waals surface area contributed by atoms with Crippen LogP contribution < -0.4 is 0 Å². The van der Waals surface area contributed by atoms with E-state index in [1.165, 1.54) is 24.8 Å². The lowest BCUT2D eigenvalue weighted by Gasteiger charge is -2.11. The van der Waals surface area contributed by atoms with Crippen LogP contribution in [0.25, 0.3) is 0 Å². The summed E-state index contributed by atoms with van der Waals surface area (Å²) in [6.07, 6.45) is 4.22. The van der Waals surface area contributed by atoms with Gasteiger partial charge < -0.3 is 0 Å². The van der Waals surface area contributed by atoms with E-state index in [0.717, 1.165) is 0 Å². The number of allylic oxidation sites excluding steroid dienone is 1. The number of hydrogen-bond acceptors (Lipinski definition) is 2. The monoisotopic (exact) mass is 112 g/mol. The number of hydrogen-bond donors (Lipinski definition) is 0. The molecular weight excluding hydrogens is 104 g/mol. The van der Waals surface area contributed by atoms with E-state index in [-0.39, 0.29) is 6.15 Å². The zero-order chi connectivity index (χ0) is 6.41. The van der Waals surface area contributed by atoms with Crippen molar-refractivity contribution in [1.82, 2.24) is 0 Å². The molecule has 8 heavy (non-hydrogen) atoms. The Balaban J connectivity index is 0.000000145. The van der Waals surface area contributed by atoms with Crippen molar-refractivity contribution in [3.63, 3.8) is 0 Å². The van der Waals surface area contributed by atoms with E-state index in [4.69, 9.17) is 9.59 Å². The first-order chi connectivity index (χ1) is 3.81. The predicted octanol–water partition coefficient (Wildman–Crippen LogP) is 1.14. The van der Waals surface area contributed by atoms with E-state index >= 15 is 0 Å². The topological polar surface area (TPSA) is 34.1 Å². The summed E-state index contributed by atoms with van der Waals surface area (Å²) in [5, 5.41) is 0. The first-order valence-electron chi connectivity index (χ1n) is 2.47. The van der Waals surface area contributed by atoms with Gasteiger partial charge in [0, 0.05) is 0 Å². The molecule has 0 unspecified atom stereocenters. The quantitative estimate of drug-likeness (QED) is 0.440. The lowest BCUT2D eigenvalue weighted by Crippen LogP contribution is -1.92. The lowest BCUT2D eigenvalue weighted by molar-refractivity contribution is -0.191. The summed E-state index contributed by atoms with van der Waals surface area (Å²) in [5.74, 6) is 0. The standard InChI is InChI=1S/C5H8.CO2/c1-5-3-2-4-5;2-1-3/h1-4H2;. The van der Waals surface area contributed by atoms with Crippen LogP contribution in [0.15, 0.2) is 12.2 Å². The van der Waals surface area contributed by atoms with E-state index in [1.807, 2.05) is 0 Å². The molecule has 0 aliphatic heterocycles. The van der Waals surface area contributed by atoms with Gasteiger partial charge in [-0.05, 0) is 19.3 Å². The highest BCUT2D eigenvalue weighted by molar-refractivity contribution is 5.20. The fourth-order valence-corrected chi connectivity index (χ4v) is 0.427. The largest absolute Gasteiger partial charge is 0.373 e. The number of rotatable bonds is 0. The molecule has 2 heteroatoms. The molecule has 0 heterocycles. The molecule has 0 atom stereocenters. The van der Waals surface area contributed by atoms with Gasteiger partial charge in [-0.15, -0.1) is 0 Å². The third kappa shape index (κ3) is 3.32. The Kier molecular flexibility index (Phi) is 3.81. The highest BCUT2D eigenvalue weighted by Gasteiger charge is 2.02. The van der Waals surface area contributed by atoms with E-state index in [0.29, 0.717) is 0 Å². The van der Waals surface area contributed by atoms with Gasteiger partial charge in [0.25, 0.3) is 0 Å². The van der Waals surface area contributed by atoms with Crippen molar-refractivity contribution in [1.29, 1.82) is 0 Å². The molecule has 0 saturated heterocycles. The Bertz CT molecular complexity index is 104. The maximum atomic E-state index is 8.12. The molecule has 0 aromatic heterocycles. The molecule has 1 aliphatic rings. The minimum atomic E-state index is 0.250. The second-order valence-corrected chi connectivity index (χ2v) is 1.69. The van der Waals surface area contributed by atoms with Crippen LogP contribution in [0.4, 0.5) is 0 Å². The van der Waals surface area contributed by atoms with Crippen LogP contribution in [-0.4, -0.2) is 6.15 Å². The van der Waals surface area contributed by atoms with E-state index in [2.05, 4.69) is 6.58 Å². The van der Waals surface area contributed by atoms with E-state index in [9.17, 15) is 0 Å². The van der Waals surface area contributed by atoms with E-state index < -0.39 is 0 Å². The van der Waals surface area contributed by atoms with Gasteiger partial charge in [-0.1, -0.05) is 12.2 Å². The summed E-state index contributed by atoms with van der Waals surface area (Å²) in [6.45, 7) is 3.76. The highest BCUT2D eigenvalue weighted by Crippen LogP contribution is 2.21. The van der Waals surface area contributed by atoms with Gasteiger partial charge in [0.15, 0.2) is 0 Å². The van der Waals surface area contributed by atoms with Crippen molar-refractivity contribution in [3.05, 3.63) is 12.2 Å². The molecule has 44 valence electrons. The predicted molar refractivity (Wildman–Crippen MR) is 28.0 cm³/mol. The number of carbonyl (C=O) groups excluding carboxylic acids is 2. The third-order valence-corrected chi connectivity index (χ3v) is 1.06. The van der Waals surface area contributed by atoms with Crippen molar-refractivity contribution in [2.45, 2.75) is 19.3 Å². The average molecular weight is 112 g/mol. The average Bonchev–Trinajstić information content (AvgIpc) is 1.64. The van der Waals surface area contributed by atoms with Gasteiger partial charge in [-0.3, -0.25) is 0 Å². The molecule has 0 spiro atoms. The fraction of sp³-hybridized carbons (Fsp3) is 0.500. The second kappa shape index (κ2) is 4.28. The zero-order valence-electron chi connectivity index (χ0n) is 4.64. The molecule has 0 radical (unpaired) electrons. The van der Waals surface area contributed by atoms with Crippen molar-refractivity contribution >= 4 is 6.15 Å². The van der Waals surface area contributed by atoms with Crippen LogP contribution in [0.2, 0.25) is 0 Å². The lowest BCUT2D eigenvalue weighted by atomic mass is 9.95. The van der Waals surface area contributed by atoms with Gasteiger partial charge in [0.2, 0.25) is 0 Å². The van der Waals surface area contributed by atoms with Crippen LogP contribution in [-0.2, 0) is 9.59 Å². The van der Waals surface area contributed by atoms with Gasteiger partial charge >= 0.3 is 6.15 Å². The van der Waals surface area contributed by atoms with Crippen LogP contribution in [0.3, 0.4) is 0 Å². The smallest absolute Gasteiger partial charge is 0.186 e. The Labute approximate surface area is 48.2 Å². The van der Waals surface area contributed by atoms with Crippen molar-refractivity contribution < 1.29 is 9.59 Å². The summed E-state index contributed by atoms with van der Waals surface area (Å²) >= 11 is 0. The van der Waals surface area contributed by atoms with Gasteiger partial charge in [-0.2, -0.15) is 9.59 Å². The molecule has 0 aromatic rings. The third-order valence-electron chi connectivity index (χ3n) is 1.06. The zero-order valence-corrected chi connectivity index (χ0v) is 4.64. The Morgan fingerprint density at radius 2 is 1.62 bits per heavy atom. The van der Waals surface area contributed by atoms with Gasteiger partial charge in [0.1, 0.15) is 0 Å². The van der Waals surface area contributed by atoms with Crippen LogP contribution in [0.5, 0.6) is 0 Å². The van der Waals surface area contributed by atoms with Crippen LogP contribution >= 0.6 is 0 Å². The SMILES string of the molecule is C=C1CCC1.O=C=O. The molecule has 1 rings (SSSR count). The molecule has 0 bridgehead atoms. The van der Waals surface area contributed by atoms with Gasteiger partial charge in [0.05, 0.1) is 0 Å². The summed E-state index contributed by atoms with van der Waals surface area (Å²) in [4.78, 5) is 16.2. The summed E-state index contributed by atoms with van der Waals surface area (Å²) in [5.41, 5.74) is 1.44. The van der Waals surface area contributed by atoms with Crippen LogP contribution in [0.1, 0.15) is 19.3 Å². The molecular formula is C6H8O2. The highest BCUT2D eigenvalue weighted by atomic mass is 16.2.